The molecular weight excluding hydrogens is 288 g/mol. The molecule has 0 N–H and O–H groups in total. The molecule has 3 aromatic rings. The predicted octanol–water partition coefficient (Wildman–Crippen LogP) is 2.86. The second-order valence-electron chi connectivity index (χ2n) is 5.69. The zero-order valence-electron chi connectivity index (χ0n) is 12.8. The van der Waals surface area contributed by atoms with E-state index in [1.807, 2.05) is 47.5 Å². The maximum absolute atomic E-state index is 13.0. The van der Waals surface area contributed by atoms with E-state index in [1.54, 1.807) is 16.9 Å². The first-order chi connectivity index (χ1) is 11.2. The quantitative estimate of drug-likeness (QED) is 0.731. The molecule has 0 saturated heterocycles. The number of para-hydroxylation sites is 1. The second-order valence-corrected chi connectivity index (χ2v) is 5.69. The number of benzene rings is 1. The van der Waals surface area contributed by atoms with Crippen molar-refractivity contribution in [2.45, 2.75) is 19.4 Å². The molecule has 0 radical (unpaired) electrons. The van der Waals surface area contributed by atoms with Crippen molar-refractivity contribution in [3.05, 3.63) is 72.2 Å². The molecule has 0 bridgehead atoms. The molecule has 1 amide bonds. The van der Waals surface area contributed by atoms with E-state index in [2.05, 4.69) is 23.1 Å². The number of pyridine rings is 1. The van der Waals surface area contributed by atoms with Crippen molar-refractivity contribution >= 4 is 11.6 Å². The van der Waals surface area contributed by atoms with Crippen molar-refractivity contribution in [1.82, 2.24) is 14.8 Å². The molecule has 1 aliphatic heterocycles. The average Bonchev–Trinajstić information content (AvgIpc) is 3.21. The molecule has 5 heteroatoms. The minimum atomic E-state index is -0.0727. The molecule has 0 fully saturated rings. The number of aromatic nitrogens is 3. The van der Waals surface area contributed by atoms with Gasteiger partial charge in [0.2, 0.25) is 0 Å². The first-order valence-electron chi connectivity index (χ1n) is 7.62. The molecule has 0 spiro atoms. The molecule has 1 aromatic carbocycles. The lowest BCUT2D eigenvalue weighted by atomic mass is 10.1. The molecule has 2 aromatic heterocycles. The number of carbonyl (C=O) groups excluding carboxylic acids is 1. The van der Waals surface area contributed by atoms with Crippen LogP contribution in [0.15, 0.2) is 60.9 Å². The van der Waals surface area contributed by atoms with Crippen molar-refractivity contribution in [1.29, 1.82) is 0 Å². The van der Waals surface area contributed by atoms with Crippen molar-refractivity contribution in [3.8, 4) is 5.82 Å². The summed E-state index contributed by atoms with van der Waals surface area (Å²) in [6.45, 7) is 2.06. The van der Waals surface area contributed by atoms with Crippen molar-refractivity contribution in [3.63, 3.8) is 0 Å². The van der Waals surface area contributed by atoms with E-state index in [0.29, 0.717) is 11.5 Å². The van der Waals surface area contributed by atoms with Crippen LogP contribution in [0.4, 0.5) is 5.69 Å². The van der Waals surface area contributed by atoms with Gasteiger partial charge in [0.1, 0.15) is 5.69 Å². The maximum Gasteiger partial charge on any atom is 0.277 e. The minimum absolute atomic E-state index is 0.0727. The number of hydrogen-bond donors (Lipinski definition) is 0. The van der Waals surface area contributed by atoms with Gasteiger partial charge in [-0.1, -0.05) is 24.3 Å². The van der Waals surface area contributed by atoms with E-state index in [4.69, 9.17) is 0 Å². The van der Waals surface area contributed by atoms with E-state index in [0.717, 1.165) is 12.1 Å². The largest absolute Gasteiger partial charge is 0.304 e. The third kappa shape index (κ3) is 2.30. The highest BCUT2D eigenvalue weighted by Crippen LogP contribution is 2.32. The molecule has 0 saturated carbocycles. The molecular formula is C18H16N4O. The Bertz CT molecular complexity index is 857. The lowest BCUT2D eigenvalue weighted by molar-refractivity contribution is 0.0976. The number of amides is 1. The first-order valence-corrected chi connectivity index (χ1v) is 7.62. The summed E-state index contributed by atoms with van der Waals surface area (Å²) in [5.41, 5.74) is 2.62. The van der Waals surface area contributed by atoms with Crippen molar-refractivity contribution in [2.24, 2.45) is 0 Å². The molecule has 1 atom stereocenters. The smallest absolute Gasteiger partial charge is 0.277 e. The monoisotopic (exact) mass is 304 g/mol. The molecule has 5 nitrogen and oxygen atoms in total. The van der Waals surface area contributed by atoms with Gasteiger partial charge in [-0.3, -0.25) is 4.79 Å². The highest BCUT2D eigenvalue weighted by molar-refractivity contribution is 6.06. The van der Waals surface area contributed by atoms with Crippen LogP contribution in [0.5, 0.6) is 0 Å². The van der Waals surface area contributed by atoms with Crippen LogP contribution in [0.3, 0.4) is 0 Å². The van der Waals surface area contributed by atoms with Crippen LogP contribution >= 0.6 is 0 Å². The van der Waals surface area contributed by atoms with Gasteiger partial charge in [0.05, 0.1) is 0 Å². The molecule has 1 unspecified atom stereocenters. The summed E-state index contributed by atoms with van der Waals surface area (Å²) in [7, 11) is 0. The third-order valence-electron chi connectivity index (χ3n) is 4.12. The second kappa shape index (κ2) is 5.35. The number of hydrogen-bond acceptors (Lipinski definition) is 3. The van der Waals surface area contributed by atoms with E-state index < -0.39 is 0 Å². The molecule has 3 heterocycles. The van der Waals surface area contributed by atoms with Gasteiger partial charge in [0.15, 0.2) is 5.82 Å². The Morgan fingerprint density at radius 2 is 2.00 bits per heavy atom. The van der Waals surface area contributed by atoms with Gasteiger partial charge in [-0.25, -0.2) is 9.67 Å². The van der Waals surface area contributed by atoms with Crippen LogP contribution in [0.2, 0.25) is 0 Å². The van der Waals surface area contributed by atoms with E-state index in [9.17, 15) is 4.79 Å². The van der Waals surface area contributed by atoms with Gasteiger partial charge in [-0.15, -0.1) is 0 Å². The molecule has 0 aliphatic carbocycles. The molecule has 4 rings (SSSR count). The zero-order valence-corrected chi connectivity index (χ0v) is 12.8. The first kappa shape index (κ1) is 13.7. The van der Waals surface area contributed by atoms with E-state index in [1.165, 1.54) is 5.56 Å². The lowest BCUT2D eigenvalue weighted by Crippen LogP contribution is -2.36. The Kier molecular flexibility index (Phi) is 3.19. The fourth-order valence-corrected chi connectivity index (χ4v) is 3.07. The summed E-state index contributed by atoms with van der Waals surface area (Å²) in [6, 6.07) is 15.4. The summed E-state index contributed by atoms with van der Waals surface area (Å²) < 4.78 is 1.65. The SMILES string of the molecule is CC1Cc2ccccc2N1C(=O)c1cccc(-n2cccn2)n1. The standard InChI is InChI=1S/C18H16N4O/c1-13-12-14-6-2-3-8-16(14)22(13)18(23)15-7-4-9-17(20-15)21-11-5-10-19-21/h2-11,13H,12H2,1H3. The highest BCUT2D eigenvalue weighted by atomic mass is 16.2. The fourth-order valence-electron chi connectivity index (χ4n) is 3.07. The average molecular weight is 304 g/mol. The Hall–Kier alpha value is -2.95. The Labute approximate surface area is 134 Å². The molecule has 114 valence electrons. The van der Waals surface area contributed by atoms with Crippen molar-refractivity contribution in [2.75, 3.05) is 4.90 Å². The minimum Gasteiger partial charge on any atom is -0.304 e. The number of rotatable bonds is 2. The van der Waals surface area contributed by atoms with Gasteiger partial charge < -0.3 is 4.90 Å². The number of nitrogens with zero attached hydrogens (tertiary/aromatic N) is 4. The van der Waals surface area contributed by atoms with Crippen LogP contribution in [-0.2, 0) is 6.42 Å². The number of anilines is 1. The van der Waals surface area contributed by atoms with Gasteiger partial charge >= 0.3 is 0 Å². The van der Waals surface area contributed by atoms with Crippen LogP contribution in [0.25, 0.3) is 5.82 Å². The maximum atomic E-state index is 13.0. The topological polar surface area (TPSA) is 51.0 Å². The van der Waals surface area contributed by atoms with E-state index in [-0.39, 0.29) is 11.9 Å². The van der Waals surface area contributed by atoms with Crippen LogP contribution in [-0.4, -0.2) is 26.7 Å². The van der Waals surface area contributed by atoms with Gasteiger partial charge in [0.25, 0.3) is 5.91 Å². The van der Waals surface area contributed by atoms with Gasteiger partial charge in [-0.2, -0.15) is 5.10 Å². The summed E-state index contributed by atoms with van der Waals surface area (Å²) in [5, 5.41) is 4.16. The molecule has 23 heavy (non-hydrogen) atoms. The fraction of sp³-hybridized carbons (Fsp3) is 0.167. The summed E-state index contributed by atoms with van der Waals surface area (Å²) >= 11 is 0. The van der Waals surface area contributed by atoms with E-state index >= 15 is 0 Å². The van der Waals surface area contributed by atoms with Crippen LogP contribution in [0, 0.1) is 0 Å². The summed E-state index contributed by atoms with van der Waals surface area (Å²) in [5.74, 6) is 0.567. The van der Waals surface area contributed by atoms with Crippen molar-refractivity contribution < 1.29 is 4.79 Å². The Morgan fingerprint density at radius 3 is 2.83 bits per heavy atom. The number of fused-ring (bicyclic) bond motifs is 1. The van der Waals surface area contributed by atoms with Gasteiger partial charge in [0, 0.05) is 24.1 Å². The van der Waals surface area contributed by atoms with Crippen LogP contribution < -0.4 is 4.90 Å². The van der Waals surface area contributed by atoms with Gasteiger partial charge in [-0.05, 0) is 43.2 Å². The third-order valence-corrected chi connectivity index (χ3v) is 4.12. The Morgan fingerprint density at radius 1 is 1.13 bits per heavy atom. The highest BCUT2D eigenvalue weighted by Gasteiger charge is 2.31. The van der Waals surface area contributed by atoms with Crippen LogP contribution in [0.1, 0.15) is 23.0 Å². The molecule has 1 aliphatic rings. The summed E-state index contributed by atoms with van der Waals surface area (Å²) in [4.78, 5) is 19.3. The lowest BCUT2D eigenvalue weighted by Gasteiger charge is -2.22. The number of carbonyl (C=O) groups is 1. The normalized spacial score (nSPS) is 16.4. The zero-order chi connectivity index (χ0) is 15.8. The Balaban J connectivity index is 1.71. The predicted molar refractivity (Wildman–Crippen MR) is 87.8 cm³/mol. The summed E-state index contributed by atoms with van der Waals surface area (Å²) in [6.07, 6.45) is 4.38.